The molecule has 17 heavy (non-hydrogen) atoms. The van der Waals surface area contributed by atoms with Crippen molar-refractivity contribution in [3.63, 3.8) is 0 Å². The van der Waals surface area contributed by atoms with Crippen LogP contribution >= 0.6 is 0 Å². The van der Waals surface area contributed by atoms with Crippen LogP contribution in [0.1, 0.15) is 26.2 Å². The van der Waals surface area contributed by atoms with Gasteiger partial charge >= 0.3 is 11.9 Å². The van der Waals surface area contributed by atoms with Gasteiger partial charge in [-0.05, 0) is 18.8 Å². The van der Waals surface area contributed by atoms with Crippen LogP contribution in [-0.4, -0.2) is 36.1 Å². The van der Waals surface area contributed by atoms with Crippen molar-refractivity contribution in [1.82, 2.24) is 5.32 Å². The minimum absolute atomic E-state index is 0.0199. The van der Waals surface area contributed by atoms with E-state index < -0.39 is 18.0 Å². The summed E-state index contributed by atoms with van der Waals surface area (Å²) in [4.78, 5) is 33.3. The number of methoxy groups -OCH3 is 1. The number of carbonyl (C=O) groups excluding carboxylic acids is 2. The van der Waals surface area contributed by atoms with Crippen LogP contribution in [0.4, 0.5) is 0 Å². The summed E-state index contributed by atoms with van der Waals surface area (Å²) in [5.74, 6) is -1.60. The number of hydrogen-bond donors (Lipinski definition) is 2. The first-order valence-corrected chi connectivity index (χ1v) is 5.55. The quantitative estimate of drug-likeness (QED) is 0.648. The van der Waals surface area contributed by atoms with Gasteiger partial charge in [0.05, 0.1) is 7.11 Å². The molecule has 2 unspecified atom stereocenters. The molecule has 2 N–H and O–H groups in total. The molecular formula is C11H17NO5. The third-order valence-electron chi connectivity index (χ3n) is 2.93. The molecule has 1 aliphatic carbocycles. The molecule has 96 valence electrons. The Labute approximate surface area is 99.3 Å². The van der Waals surface area contributed by atoms with E-state index in [1.165, 1.54) is 7.11 Å². The number of carboxylic acid groups (broad SMARTS) is 1. The Kier molecular flexibility index (Phi) is 4.48. The zero-order valence-corrected chi connectivity index (χ0v) is 9.93. The molecule has 0 aromatic carbocycles. The van der Waals surface area contributed by atoms with Crippen molar-refractivity contribution in [2.75, 3.05) is 7.11 Å². The molecule has 1 aliphatic rings. The van der Waals surface area contributed by atoms with Gasteiger partial charge < -0.3 is 15.2 Å². The van der Waals surface area contributed by atoms with Crippen LogP contribution in [0.3, 0.4) is 0 Å². The predicted octanol–water partition coefficient (Wildman–Crippen LogP) is 0.165. The van der Waals surface area contributed by atoms with Crippen LogP contribution in [0, 0.1) is 11.8 Å². The minimum Gasteiger partial charge on any atom is -0.480 e. The number of carbonyl (C=O) groups is 3. The molecule has 0 aliphatic heterocycles. The Bertz CT molecular complexity index is 328. The molecule has 0 aromatic heterocycles. The van der Waals surface area contributed by atoms with Crippen molar-refractivity contribution in [2.24, 2.45) is 11.8 Å². The van der Waals surface area contributed by atoms with Crippen LogP contribution in [-0.2, 0) is 19.1 Å². The summed E-state index contributed by atoms with van der Waals surface area (Å²) in [6.45, 7) is 1.94. The molecule has 1 fully saturated rings. The maximum absolute atomic E-state index is 11.6. The Morgan fingerprint density at radius 1 is 1.47 bits per heavy atom. The monoisotopic (exact) mass is 243 g/mol. The van der Waals surface area contributed by atoms with E-state index >= 15 is 0 Å². The first-order chi connectivity index (χ1) is 7.95. The number of esters is 1. The van der Waals surface area contributed by atoms with E-state index in [0.29, 0.717) is 5.92 Å². The van der Waals surface area contributed by atoms with Gasteiger partial charge in [-0.15, -0.1) is 0 Å². The number of hydrogen-bond acceptors (Lipinski definition) is 4. The molecule has 0 heterocycles. The van der Waals surface area contributed by atoms with E-state index in [1.807, 2.05) is 6.92 Å². The van der Waals surface area contributed by atoms with Gasteiger partial charge in [0, 0.05) is 12.3 Å². The van der Waals surface area contributed by atoms with Gasteiger partial charge in [-0.2, -0.15) is 0 Å². The van der Waals surface area contributed by atoms with E-state index in [0.717, 1.165) is 6.42 Å². The highest BCUT2D eigenvalue weighted by molar-refractivity contribution is 5.86. The fraction of sp³-hybridized carbons (Fsp3) is 0.727. The molecule has 0 bridgehead atoms. The smallest absolute Gasteiger partial charge is 0.326 e. The minimum atomic E-state index is -1.13. The van der Waals surface area contributed by atoms with Crippen LogP contribution in [0.25, 0.3) is 0 Å². The van der Waals surface area contributed by atoms with E-state index in [1.54, 1.807) is 0 Å². The van der Waals surface area contributed by atoms with Crippen LogP contribution < -0.4 is 5.32 Å². The average Bonchev–Trinajstić information content (AvgIpc) is 3.00. The lowest BCUT2D eigenvalue weighted by Gasteiger charge is -2.13. The van der Waals surface area contributed by atoms with Crippen LogP contribution in [0.5, 0.6) is 0 Å². The summed E-state index contributed by atoms with van der Waals surface area (Å²) in [6, 6.07) is -1.02. The fourth-order valence-corrected chi connectivity index (χ4v) is 1.59. The van der Waals surface area contributed by atoms with Crippen molar-refractivity contribution < 1.29 is 24.2 Å². The Morgan fingerprint density at radius 2 is 2.06 bits per heavy atom. The number of amides is 1. The Balaban J connectivity index is 2.40. The molecule has 1 saturated carbocycles. The zero-order valence-electron chi connectivity index (χ0n) is 9.93. The lowest BCUT2D eigenvalue weighted by atomic mass is 10.1. The summed E-state index contributed by atoms with van der Waals surface area (Å²) < 4.78 is 4.42. The predicted molar refractivity (Wildman–Crippen MR) is 58.1 cm³/mol. The molecule has 0 saturated heterocycles. The van der Waals surface area contributed by atoms with Gasteiger partial charge in [0.15, 0.2) is 0 Å². The standard InChI is InChI=1S/C11H17NO5/c1-6-5-7(6)10(14)12-8(11(15)16)3-4-9(13)17-2/h6-8H,3-5H2,1-2H3,(H,12,14)(H,15,16)/t6?,7?,8-/m1/s1. The van der Waals surface area contributed by atoms with Gasteiger partial charge in [0.2, 0.25) is 5.91 Å². The summed E-state index contributed by atoms with van der Waals surface area (Å²) >= 11 is 0. The lowest BCUT2D eigenvalue weighted by Crippen LogP contribution is -2.42. The summed E-state index contributed by atoms with van der Waals surface area (Å²) in [5, 5.41) is 11.4. The van der Waals surface area contributed by atoms with Gasteiger partial charge in [-0.25, -0.2) is 4.79 Å². The molecule has 1 rings (SSSR count). The molecule has 6 heteroatoms. The maximum atomic E-state index is 11.6. The van der Waals surface area contributed by atoms with E-state index in [4.69, 9.17) is 5.11 Å². The summed E-state index contributed by atoms with van der Waals surface area (Å²) in [5.41, 5.74) is 0. The maximum Gasteiger partial charge on any atom is 0.326 e. The Morgan fingerprint density at radius 3 is 2.47 bits per heavy atom. The molecular weight excluding hydrogens is 226 g/mol. The molecule has 1 amide bonds. The van der Waals surface area contributed by atoms with Crippen molar-refractivity contribution in [3.8, 4) is 0 Å². The van der Waals surface area contributed by atoms with Crippen molar-refractivity contribution >= 4 is 17.8 Å². The molecule has 0 spiro atoms. The first kappa shape index (κ1) is 13.5. The number of ether oxygens (including phenoxy) is 1. The third kappa shape index (κ3) is 4.05. The van der Waals surface area contributed by atoms with E-state index in [2.05, 4.69) is 10.1 Å². The average molecular weight is 243 g/mol. The second-order valence-electron chi connectivity index (χ2n) is 4.33. The molecule has 0 aromatic rings. The van der Waals surface area contributed by atoms with Gasteiger partial charge in [-0.3, -0.25) is 9.59 Å². The van der Waals surface area contributed by atoms with E-state index in [9.17, 15) is 14.4 Å². The van der Waals surface area contributed by atoms with E-state index in [-0.39, 0.29) is 24.7 Å². The van der Waals surface area contributed by atoms with Gasteiger partial charge in [0.1, 0.15) is 6.04 Å². The highest BCUT2D eigenvalue weighted by Crippen LogP contribution is 2.37. The SMILES string of the molecule is COC(=O)CC[C@@H](NC(=O)C1CC1C)C(=O)O. The molecule has 6 nitrogen and oxygen atoms in total. The van der Waals surface area contributed by atoms with Crippen molar-refractivity contribution in [3.05, 3.63) is 0 Å². The largest absolute Gasteiger partial charge is 0.480 e. The second-order valence-corrected chi connectivity index (χ2v) is 4.33. The first-order valence-electron chi connectivity index (χ1n) is 5.55. The van der Waals surface area contributed by atoms with Crippen molar-refractivity contribution in [2.45, 2.75) is 32.2 Å². The topological polar surface area (TPSA) is 92.7 Å². The Hall–Kier alpha value is -1.59. The summed E-state index contributed by atoms with van der Waals surface area (Å²) in [7, 11) is 1.24. The highest BCUT2D eigenvalue weighted by atomic mass is 16.5. The van der Waals surface area contributed by atoms with Gasteiger partial charge in [0.25, 0.3) is 0 Å². The van der Waals surface area contributed by atoms with Crippen LogP contribution in [0.15, 0.2) is 0 Å². The van der Waals surface area contributed by atoms with Crippen molar-refractivity contribution in [1.29, 1.82) is 0 Å². The number of nitrogens with one attached hydrogen (secondary N) is 1. The number of rotatable bonds is 6. The number of aliphatic carboxylic acids is 1. The summed E-state index contributed by atoms with van der Waals surface area (Å²) in [6.07, 6.45) is 0.831. The molecule has 3 atom stereocenters. The third-order valence-corrected chi connectivity index (χ3v) is 2.93. The molecule has 0 radical (unpaired) electrons. The lowest BCUT2D eigenvalue weighted by molar-refractivity contribution is -0.144. The number of carboxylic acids is 1. The van der Waals surface area contributed by atoms with Gasteiger partial charge in [-0.1, -0.05) is 6.92 Å². The normalized spacial score (nSPS) is 23.6. The zero-order chi connectivity index (χ0) is 13.0. The van der Waals surface area contributed by atoms with Crippen LogP contribution in [0.2, 0.25) is 0 Å². The second kappa shape index (κ2) is 5.65. The highest BCUT2D eigenvalue weighted by Gasteiger charge is 2.40. The fourth-order valence-electron chi connectivity index (χ4n) is 1.59.